The van der Waals surface area contributed by atoms with Crippen LogP contribution in [-0.4, -0.2) is 25.2 Å². The average molecular weight is 283 g/mol. The molecule has 0 saturated carbocycles. The van der Waals surface area contributed by atoms with E-state index in [1.165, 1.54) is 0 Å². The highest BCUT2D eigenvalue weighted by atomic mass is 35.5. The Morgan fingerprint density at radius 2 is 2.22 bits per heavy atom. The molecule has 3 nitrogen and oxygen atoms in total. The largest absolute Gasteiger partial charge is 0.383 e. The first-order chi connectivity index (χ1) is 8.81. The van der Waals surface area contributed by atoms with E-state index < -0.39 is 0 Å². The van der Waals surface area contributed by atoms with Crippen LogP contribution in [0.25, 0.3) is 10.6 Å². The van der Waals surface area contributed by atoms with Gasteiger partial charge in [-0.3, -0.25) is 0 Å². The number of rotatable bonds is 6. The van der Waals surface area contributed by atoms with E-state index >= 15 is 0 Å². The molecule has 0 bridgehead atoms. The number of benzene rings is 1. The van der Waals surface area contributed by atoms with Crippen molar-refractivity contribution < 1.29 is 4.74 Å². The van der Waals surface area contributed by atoms with Gasteiger partial charge in [-0.1, -0.05) is 29.8 Å². The van der Waals surface area contributed by atoms with Gasteiger partial charge in [0.2, 0.25) is 0 Å². The van der Waals surface area contributed by atoms with E-state index in [9.17, 15) is 0 Å². The first-order valence-electron chi connectivity index (χ1n) is 5.70. The van der Waals surface area contributed by atoms with E-state index in [0.29, 0.717) is 6.61 Å². The lowest BCUT2D eigenvalue weighted by molar-refractivity contribution is 0.199. The van der Waals surface area contributed by atoms with Crippen LogP contribution in [0.4, 0.5) is 0 Å². The first kappa shape index (κ1) is 13.5. The van der Waals surface area contributed by atoms with Crippen LogP contribution in [0.3, 0.4) is 0 Å². The lowest BCUT2D eigenvalue weighted by atomic mass is 10.2. The van der Waals surface area contributed by atoms with Crippen molar-refractivity contribution in [1.29, 1.82) is 0 Å². The Kier molecular flexibility index (Phi) is 5.13. The quantitative estimate of drug-likeness (QED) is 0.826. The molecular formula is C13H15ClN2OS. The van der Waals surface area contributed by atoms with Gasteiger partial charge in [-0.2, -0.15) is 0 Å². The number of aromatic nitrogens is 1. The fraction of sp³-hybridized carbons (Fsp3) is 0.308. The molecule has 0 aliphatic rings. The third-order valence-corrected chi connectivity index (χ3v) is 3.70. The van der Waals surface area contributed by atoms with Gasteiger partial charge in [0.25, 0.3) is 0 Å². The Hall–Kier alpha value is -0.940. The minimum Gasteiger partial charge on any atom is -0.383 e. The average Bonchev–Trinajstić information content (AvgIpc) is 2.84. The molecule has 0 saturated heterocycles. The summed E-state index contributed by atoms with van der Waals surface area (Å²) in [5.74, 6) is 0. The summed E-state index contributed by atoms with van der Waals surface area (Å²) in [7, 11) is 1.69. The minimum absolute atomic E-state index is 0.710. The van der Waals surface area contributed by atoms with E-state index in [4.69, 9.17) is 16.3 Å². The van der Waals surface area contributed by atoms with E-state index in [-0.39, 0.29) is 0 Å². The maximum absolute atomic E-state index is 6.15. The molecule has 1 heterocycles. The van der Waals surface area contributed by atoms with E-state index in [1.54, 1.807) is 18.4 Å². The van der Waals surface area contributed by atoms with E-state index in [2.05, 4.69) is 15.7 Å². The topological polar surface area (TPSA) is 34.1 Å². The van der Waals surface area contributed by atoms with Crippen molar-refractivity contribution in [2.45, 2.75) is 6.54 Å². The van der Waals surface area contributed by atoms with Crippen molar-refractivity contribution in [3.8, 4) is 10.6 Å². The number of hydrogen-bond donors (Lipinski definition) is 1. The summed E-state index contributed by atoms with van der Waals surface area (Å²) in [6.07, 6.45) is 0. The first-order valence-corrected chi connectivity index (χ1v) is 6.96. The van der Waals surface area contributed by atoms with Crippen LogP contribution < -0.4 is 5.32 Å². The van der Waals surface area contributed by atoms with Gasteiger partial charge in [0.15, 0.2) is 0 Å². The molecule has 1 aromatic carbocycles. The number of nitrogens with one attached hydrogen (secondary N) is 1. The Morgan fingerprint density at radius 3 is 3.00 bits per heavy atom. The van der Waals surface area contributed by atoms with Crippen molar-refractivity contribution in [1.82, 2.24) is 10.3 Å². The second kappa shape index (κ2) is 6.85. The number of ether oxygens (including phenoxy) is 1. The molecule has 0 fully saturated rings. The van der Waals surface area contributed by atoms with E-state index in [0.717, 1.165) is 34.4 Å². The SMILES string of the molecule is COCCNCc1csc(-c2ccccc2Cl)n1. The Labute approximate surface area is 116 Å². The predicted molar refractivity (Wildman–Crippen MR) is 76.1 cm³/mol. The molecule has 2 rings (SSSR count). The summed E-state index contributed by atoms with van der Waals surface area (Å²) in [4.78, 5) is 4.57. The number of halogens is 1. The molecule has 0 radical (unpaired) electrons. The van der Waals surface area contributed by atoms with Crippen molar-refractivity contribution in [3.05, 3.63) is 40.4 Å². The van der Waals surface area contributed by atoms with Crippen molar-refractivity contribution >= 4 is 22.9 Å². The van der Waals surface area contributed by atoms with Gasteiger partial charge in [-0.05, 0) is 6.07 Å². The molecule has 5 heteroatoms. The minimum atomic E-state index is 0.710. The Morgan fingerprint density at radius 1 is 1.39 bits per heavy atom. The molecule has 0 spiro atoms. The monoisotopic (exact) mass is 282 g/mol. The molecule has 1 N–H and O–H groups in total. The molecule has 0 aliphatic heterocycles. The summed E-state index contributed by atoms with van der Waals surface area (Å²) in [5, 5.41) is 7.03. The van der Waals surface area contributed by atoms with Gasteiger partial charge >= 0.3 is 0 Å². The lowest BCUT2D eigenvalue weighted by Gasteiger charge is -2.01. The zero-order chi connectivity index (χ0) is 12.8. The molecule has 0 atom stereocenters. The van der Waals surface area contributed by atoms with Crippen LogP contribution in [-0.2, 0) is 11.3 Å². The maximum Gasteiger partial charge on any atom is 0.125 e. The fourth-order valence-electron chi connectivity index (χ4n) is 1.54. The van der Waals surface area contributed by atoms with Gasteiger partial charge < -0.3 is 10.1 Å². The highest BCUT2D eigenvalue weighted by molar-refractivity contribution is 7.13. The van der Waals surface area contributed by atoms with Crippen molar-refractivity contribution in [2.75, 3.05) is 20.3 Å². The van der Waals surface area contributed by atoms with Gasteiger partial charge in [0.1, 0.15) is 5.01 Å². The highest BCUT2D eigenvalue weighted by Gasteiger charge is 2.07. The lowest BCUT2D eigenvalue weighted by Crippen LogP contribution is -2.18. The Bertz CT molecular complexity index is 501. The highest BCUT2D eigenvalue weighted by Crippen LogP contribution is 2.29. The zero-order valence-electron chi connectivity index (χ0n) is 10.1. The van der Waals surface area contributed by atoms with Crippen LogP contribution in [0, 0.1) is 0 Å². The molecule has 0 amide bonds. The third-order valence-electron chi connectivity index (χ3n) is 2.45. The standard InChI is InChI=1S/C13H15ClN2OS/c1-17-7-6-15-8-10-9-18-13(16-10)11-4-2-3-5-12(11)14/h2-5,9,15H,6-8H2,1H3. The van der Waals surface area contributed by atoms with Gasteiger partial charge in [0, 0.05) is 31.1 Å². The summed E-state index contributed by atoms with van der Waals surface area (Å²) < 4.78 is 4.97. The van der Waals surface area contributed by atoms with E-state index in [1.807, 2.05) is 24.3 Å². The van der Waals surface area contributed by atoms with Crippen LogP contribution in [0.1, 0.15) is 5.69 Å². The van der Waals surface area contributed by atoms with Crippen molar-refractivity contribution in [2.24, 2.45) is 0 Å². The van der Waals surface area contributed by atoms with Crippen LogP contribution in [0.15, 0.2) is 29.6 Å². The van der Waals surface area contributed by atoms with Crippen LogP contribution in [0.5, 0.6) is 0 Å². The summed E-state index contributed by atoms with van der Waals surface area (Å²) in [6, 6.07) is 7.77. The van der Waals surface area contributed by atoms with Gasteiger partial charge in [-0.25, -0.2) is 4.98 Å². The Balaban J connectivity index is 2.00. The molecule has 2 aromatic rings. The molecule has 96 valence electrons. The van der Waals surface area contributed by atoms with Crippen molar-refractivity contribution in [3.63, 3.8) is 0 Å². The number of hydrogen-bond acceptors (Lipinski definition) is 4. The van der Waals surface area contributed by atoms with Crippen LogP contribution in [0.2, 0.25) is 5.02 Å². The molecule has 0 aliphatic carbocycles. The van der Waals surface area contributed by atoms with Crippen LogP contribution >= 0.6 is 22.9 Å². The number of thiazole rings is 1. The summed E-state index contributed by atoms with van der Waals surface area (Å²) in [5.41, 5.74) is 2.03. The normalized spacial score (nSPS) is 10.8. The maximum atomic E-state index is 6.15. The fourth-order valence-corrected chi connectivity index (χ4v) is 2.68. The molecule has 18 heavy (non-hydrogen) atoms. The molecule has 1 aromatic heterocycles. The molecular weight excluding hydrogens is 268 g/mol. The molecule has 0 unspecified atom stereocenters. The zero-order valence-corrected chi connectivity index (χ0v) is 11.7. The smallest absolute Gasteiger partial charge is 0.125 e. The second-order valence-corrected chi connectivity index (χ2v) is 5.06. The second-order valence-electron chi connectivity index (χ2n) is 3.79. The summed E-state index contributed by atoms with van der Waals surface area (Å²) >= 11 is 7.76. The van der Waals surface area contributed by atoms with Gasteiger partial charge in [-0.15, -0.1) is 11.3 Å². The number of methoxy groups -OCH3 is 1. The third kappa shape index (κ3) is 3.53. The number of nitrogens with zero attached hydrogens (tertiary/aromatic N) is 1. The predicted octanol–water partition coefficient (Wildman–Crippen LogP) is 3.20. The summed E-state index contributed by atoms with van der Waals surface area (Å²) in [6.45, 7) is 2.29. The van der Waals surface area contributed by atoms with Gasteiger partial charge in [0.05, 0.1) is 17.3 Å².